The highest BCUT2D eigenvalue weighted by Crippen LogP contribution is 2.04. The molecule has 1 heterocycles. The van der Waals surface area contributed by atoms with Gasteiger partial charge in [0.15, 0.2) is 0 Å². The van der Waals surface area contributed by atoms with Gasteiger partial charge in [-0.1, -0.05) is 28.9 Å². The lowest BCUT2D eigenvalue weighted by Crippen LogP contribution is -2.00. The van der Waals surface area contributed by atoms with Crippen LogP contribution in [0.5, 0.6) is 0 Å². The molecule has 0 aliphatic rings. The lowest BCUT2D eigenvalue weighted by molar-refractivity contribution is 0.598. The van der Waals surface area contributed by atoms with Crippen molar-refractivity contribution in [2.75, 3.05) is 5.33 Å². The molecule has 0 saturated heterocycles. The Morgan fingerprint density at radius 1 is 1.62 bits per heavy atom. The van der Waals surface area contributed by atoms with Gasteiger partial charge in [-0.3, -0.25) is 4.68 Å². The van der Waals surface area contributed by atoms with E-state index in [0.717, 1.165) is 24.7 Å². The van der Waals surface area contributed by atoms with Gasteiger partial charge < -0.3 is 0 Å². The van der Waals surface area contributed by atoms with Crippen LogP contribution in [0.1, 0.15) is 25.5 Å². The van der Waals surface area contributed by atoms with Gasteiger partial charge in [0, 0.05) is 18.1 Å². The third-order valence-electron chi connectivity index (χ3n) is 1.75. The Morgan fingerprint density at radius 2 is 2.46 bits per heavy atom. The number of halogens is 1. The van der Waals surface area contributed by atoms with Crippen molar-refractivity contribution in [2.45, 2.75) is 26.3 Å². The van der Waals surface area contributed by atoms with Gasteiger partial charge in [0.05, 0.1) is 5.69 Å². The molecule has 2 nitrogen and oxygen atoms in total. The fraction of sp³-hybridized carbons (Fsp3) is 0.500. The van der Waals surface area contributed by atoms with Crippen LogP contribution in [-0.2, 0) is 6.54 Å². The average molecular weight is 243 g/mol. The van der Waals surface area contributed by atoms with E-state index in [0.29, 0.717) is 0 Å². The summed E-state index contributed by atoms with van der Waals surface area (Å²) in [4.78, 5) is 0. The molecule has 3 heteroatoms. The van der Waals surface area contributed by atoms with Crippen LogP contribution in [-0.4, -0.2) is 15.1 Å². The third kappa shape index (κ3) is 3.35. The molecule has 0 unspecified atom stereocenters. The fourth-order valence-electron chi connectivity index (χ4n) is 1.15. The number of aromatic nitrogens is 2. The first kappa shape index (κ1) is 10.5. The number of alkyl halides is 1. The molecule has 0 spiro atoms. The summed E-state index contributed by atoms with van der Waals surface area (Å²) < 4.78 is 2.03. The van der Waals surface area contributed by atoms with Crippen molar-refractivity contribution < 1.29 is 0 Å². The molecule has 0 N–H and O–H groups in total. The van der Waals surface area contributed by atoms with Gasteiger partial charge in [-0.05, 0) is 25.0 Å². The Morgan fingerprint density at radius 3 is 3.15 bits per heavy atom. The van der Waals surface area contributed by atoms with Crippen LogP contribution in [0, 0.1) is 0 Å². The first-order valence-corrected chi connectivity index (χ1v) is 5.75. The predicted molar refractivity (Wildman–Crippen MR) is 60.0 cm³/mol. The molecule has 0 fully saturated rings. The molecule has 0 aromatic carbocycles. The molecule has 0 saturated carbocycles. The van der Waals surface area contributed by atoms with E-state index in [-0.39, 0.29) is 0 Å². The van der Waals surface area contributed by atoms with Crippen LogP contribution >= 0.6 is 15.9 Å². The van der Waals surface area contributed by atoms with Gasteiger partial charge in [-0.15, -0.1) is 0 Å². The molecular weight excluding hydrogens is 228 g/mol. The van der Waals surface area contributed by atoms with Crippen LogP contribution in [0.15, 0.2) is 18.3 Å². The van der Waals surface area contributed by atoms with Crippen LogP contribution in [0.3, 0.4) is 0 Å². The van der Waals surface area contributed by atoms with E-state index in [4.69, 9.17) is 0 Å². The van der Waals surface area contributed by atoms with Crippen LogP contribution in [0.4, 0.5) is 0 Å². The molecule has 0 aliphatic carbocycles. The van der Waals surface area contributed by atoms with Crippen LogP contribution < -0.4 is 0 Å². The Labute approximate surface area is 87.8 Å². The topological polar surface area (TPSA) is 17.8 Å². The number of hydrogen-bond donors (Lipinski definition) is 0. The fourth-order valence-corrected chi connectivity index (χ4v) is 1.41. The maximum Gasteiger partial charge on any atom is 0.0606 e. The minimum Gasteiger partial charge on any atom is -0.266 e. The maximum absolute atomic E-state index is 4.24. The minimum atomic E-state index is 1.00. The van der Waals surface area contributed by atoms with E-state index < -0.39 is 0 Å². The Kier molecular flexibility index (Phi) is 4.83. The van der Waals surface area contributed by atoms with E-state index in [1.165, 1.54) is 5.69 Å². The lowest BCUT2D eigenvalue weighted by atomic mass is 10.3. The number of nitrogens with zero attached hydrogens (tertiary/aromatic N) is 2. The molecule has 1 aromatic rings. The van der Waals surface area contributed by atoms with Crippen molar-refractivity contribution in [3.8, 4) is 0 Å². The summed E-state index contributed by atoms with van der Waals surface area (Å²) in [5.41, 5.74) is 1.20. The summed E-state index contributed by atoms with van der Waals surface area (Å²) >= 11 is 3.39. The quantitative estimate of drug-likeness (QED) is 0.726. The Bertz CT molecular complexity index is 266. The second-order valence-corrected chi connectivity index (χ2v) is 3.65. The number of rotatable bonds is 5. The molecule has 0 radical (unpaired) electrons. The standard InChI is InChI=1S/C10H15BrN2/c1-2-9-13-10(6-8-12-13)5-3-4-7-11/h3,5-6,8H,2,4,7,9H2,1H3. The highest BCUT2D eigenvalue weighted by molar-refractivity contribution is 9.09. The SMILES string of the molecule is CCCn1nccc1C=CCCBr. The van der Waals surface area contributed by atoms with Gasteiger partial charge in [-0.25, -0.2) is 0 Å². The highest BCUT2D eigenvalue weighted by atomic mass is 79.9. The highest BCUT2D eigenvalue weighted by Gasteiger charge is 1.95. The van der Waals surface area contributed by atoms with E-state index in [1.807, 2.05) is 16.9 Å². The molecule has 0 bridgehead atoms. The zero-order valence-electron chi connectivity index (χ0n) is 7.91. The number of hydrogen-bond acceptors (Lipinski definition) is 1. The van der Waals surface area contributed by atoms with Crippen LogP contribution in [0.2, 0.25) is 0 Å². The van der Waals surface area contributed by atoms with Crippen molar-refractivity contribution in [3.63, 3.8) is 0 Å². The van der Waals surface area contributed by atoms with Gasteiger partial charge in [0.2, 0.25) is 0 Å². The second kappa shape index (κ2) is 5.97. The number of aryl methyl sites for hydroxylation is 1. The second-order valence-electron chi connectivity index (χ2n) is 2.86. The van der Waals surface area contributed by atoms with Crippen molar-refractivity contribution >= 4 is 22.0 Å². The molecule has 1 aromatic heterocycles. The Balaban J connectivity index is 2.59. The summed E-state index contributed by atoms with van der Waals surface area (Å²) in [7, 11) is 0. The largest absolute Gasteiger partial charge is 0.266 e. The predicted octanol–water partition coefficient (Wildman–Crippen LogP) is 3.09. The zero-order valence-corrected chi connectivity index (χ0v) is 9.50. The van der Waals surface area contributed by atoms with E-state index in [2.05, 4.69) is 40.1 Å². The van der Waals surface area contributed by atoms with Crippen LogP contribution in [0.25, 0.3) is 6.08 Å². The van der Waals surface area contributed by atoms with Crippen molar-refractivity contribution in [2.24, 2.45) is 0 Å². The van der Waals surface area contributed by atoms with Crippen molar-refractivity contribution in [1.82, 2.24) is 9.78 Å². The van der Waals surface area contributed by atoms with Gasteiger partial charge in [-0.2, -0.15) is 5.10 Å². The van der Waals surface area contributed by atoms with E-state index >= 15 is 0 Å². The smallest absolute Gasteiger partial charge is 0.0606 e. The molecule has 0 amide bonds. The van der Waals surface area contributed by atoms with Crippen molar-refractivity contribution in [1.29, 1.82) is 0 Å². The molecule has 0 aliphatic heterocycles. The molecular formula is C10H15BrN2. The molecule has 72 valence electrons. The number of allylic oxidation sites excluding steroid dienone is 1. The monoisotopic (exact) mass is 242 g/mol. The maximum atomic E-state index is 4.24. The first-order valence-electron chi connectivity index (χ1n) is 4.62. The molecule has 1 rings (SSSR count). The molecule has 0 atom stereocenters. The summed E-state index contributed by atoms with van der Waals surface area (Å²) in [5, 5.41) is 5.26. The van der Waals surface area contributed by atoms with Gasteiger partial charge in [0.1, 0.15) is 0 Å². The molecule has 13 heavy (non-hydrogen) atoms. The summed E-state index contributed by atoms with van der Waals surface area (Å²) in [5.74, 6) is 0. The first-order chi connectivity index (χ1) is 6.38. The summed E-state index contributed by atoms with van der Waals surface area (Å²) in [6.45, 7) is 3.16. The Hall–Kier alpha value is -0.570. The van der Waals surface area contributed by atoms with Gasteiger partial charge in [0.25, 0.3) is 0 Å². The average Bonchev–Trinajstić information content (AvgIpc) is 2.54. The normalized spacial score (nSPS) is 11.2. The summed E-state index contributed by atoms with van der Waals surface area (Å²) in [6.07, 6.45) is 8.34. The third-order valence-corrected chi connectivity index (χ3v) is 2.21. The lowest BCUT2D eigenvalue weighted by Gasteiger charge is -2.00. The van der Waals surface area contributed by atoms with E-state index in [1.54, 1.807) is 0 Å². The summed E-state index contributed by atoms with van der Waals surface area (Å²) in [6, 6.07) is 2.04. The zero-order chi connectivity index (χ0) is 9.52. The minimum absolute atomic E-state index is 1.00. The van der Waals surface area contributed by atoms with Crippen molar-refractivity contribution in [3.05, 3.63) is 24.0 Å². The van der Waals surface area contributed by atoms with E-state index in [9.17, 15) is 0 Å². The van der Waals surface area contributed by atoms with Gasteiger partial charge >= 0.3 is 0 Å².